The molecule has 3 nitrogen and oxygen atoms in total. The van der Waals surface area contributed by atoms with Gasteiger partial charge in [-0.25, -0.2) is 0 Å². The molecule has 1 fully saturated rings. The van der Waals surface area contributed by atoms with Gasteiger partial charge < -0.3 is 15.5 Å². The van der Waals surface area contributed by atoms with Gasteiger partial charge in [-0.15, -0.1) is 0 Å². The molecule has 0 bridgehead atoms. The summed E-state index contributed by atoms with van der Waals surface area (Å²) in [5.41, 5.74) is 0. The number of ether oxygens (including phenoxy) is 1. The maximum atomic E-state index is 5.13. The summed E-state index contributed by atoms with van der Waals surface area (Å²) >= 11 is 0. The SMILES string of the molecule is C1CNCCOC1.O. The van der Waals surface area contributed by atoms with Crippen LogP contribution >= 0.6 is 0 Å². The summed E-state index contributed by atoms with van der Waals surface area (Å²) in [5.74, 6) is 0. The summed E-state index contributed by atoms with van der Waals surface area (Å²) in [6.45, 7) is 3.98. The van der Waals surface area contributed by atoms with Crippen molar-refractivity contribution in [1.82, 2.24) is 5.32 Å². The molecule has 1 rings (SSSR count). The van der Waals surface area contributed by atoms with Gasteiger partial charge in [0.2, 0.25) is 0 Å². The first-order valence-electron chi connectivity index (χ1n) is 2.78. The van der Waals surface area contributed by atoms with E-state index in [-0.39, 0.29) is 5.48 Å². The average Bonchev–Trinajstić information content (AvgIpc) is 1.90. The van der Waals surface area contributed by atoms with E-state index in [4.69, 9.17) is 4.74 Å². The smallest absolute Gasteiger partial charge is 0.0590 e. The maximum absolute atomic E-state index is 5.13. The Morgan fingerprint density at radius 2 is 2.00 bits per heavy atom. The van der Waals surface area contributed by atoms with Crippen LogP contribution in [0.5, 0.6) is 0 Å². The number of nitrogens with one attached hydrogen (secondary N) is 1. The van der Waals surface area contributed by atoms with Crippen molar-refractivity contribution in [3.05, 3.63) is 0 Å². The van der Waals surface area contributed by atoms with Crippen molar-refractivity contribution in [2.45, 2.75) is 6.42 Å². The van der Waals surface area contributed by atoms with Crippen LogP contribution in [0.3, 0.4) is 0 Å². The summed E-state index contributed by atoms with van der Waals surface area (Å²) in [5, 5.41) is 3.22. The van der Waals surface area contributed by atoms with Gasteiger partial charge in [0.1, 0.15) is 0 Å². The zero-order valence-electron chi connectivity index (χ0n) is 4.94. The van der Waals surface area contributed by atoms with E-state index in [1.54, 1.807) is 0 Å². The highest BCUT2D eigenvalue weighted by atomic mass is 16.5. The van der Waals surface area contributed by atoms with Crippen molar-refractivity contribution in [3.63, 3.8) is 0 Å². The topological polar surface area (TPSA) is 52.8 Å². The van der Waals surface area contributed by atoms with Crippen LogP contribution in [0.25, 0.3) is 0 Å². The van der Waals surface area contributed by atoms with Crippen LogP contribution < -0.4 is 5.32 Å². The number of rotatable bonds is 0. The van der Waals surface area contributed by atoms with E-state index >= 15 is 0 Å². The molecule has 0 spiro atoms. The molecule has 1 aliphatic rings. The van der Waals surface area contributed by atoms with E-state index in [0.717, 1.165) is 26.3 Å². The minimum absolute atomic E-state index is 0. The van der Waals surface area contributed by atoms with Crippen molar-refractivity contribution < 1.29 is 10.2 Å². The van der Waals surface area contributed by atoms with Crippen LogP contribution in [0, 0.1) is 0 Å². The van der Waals surface area contributed by atoms with Crippen molar-refractivity contribution in [2.24, 2.45) is 0 Å². The number of hydrogen-bond donors (Lipinski definition) is 1. The molecule has 0 radical (unpaired) electrons. The van der Waals surface area contributed by atoms with E-state index < -0.39 is 0 Å². The van der Waals surface area contributed by atoms with Gasteiger partial charge in [0.15, 0.2) is 0 Å². The standard InChI is InChI=1S/C5H11NO.H2O/c1-2-6-3-5-7-4-1;/h6H,1-5H2;1H2. The molecule has 50 valence electrons. The van der Waals surface area contributed by atoms with Crippen LogP contribution in [-0.2, 0) is 4.74 Å². The Bertz CT molecular complexity index is 30.0. The van der Waals surface area contributed by atoms with E-state index in [0.29, 0.717) is 0 Å². The summed E-state index contributed by atoms with van der Waals surface area (Å²) in [6, 6.07) is 0. The van der Waals surface area contributed by atoms with Gasteiger partial charge in [0.25, 0.3) is 0 Å². The Labute approximate surface area is 49.3 Å². The van der Waals surface area contributed by atoms with Gasteiger partial charge in [0, 0.05) is 13.2 Å². The van der Waals surface area contributed by atoms with E-state index in [1.165, 1.54) is 6.42 Å². The Kier molecular flexibility index (Phi) is 4.95. The molecule has 3 heteroatoms. The highest BCUT2D eigenvalue weighted by Gasteiger charge is 1.93. The zero-order valence-corrected chi connectivity index (χ0v) is 4.94. The first-order chi connectivity index (χ1) is 3.50. The Hall–Kier alpha value is -0.120. The second-order valence-corrected chi connectivity index (χ2v) is 1.72. The second-order valence-electron chi connectivity index (χ2n) is 1.72. The van der Waals surface area contributed by atoms with Gasteiger partial charge in [-0.1, -0.05) is 0 Å². The molecule has 0 atom stereocenters. The number of hydrogen-bond acceptors (Lipinski definition) is 2. The summed E-state index contributed by atoms with van der Waals surface area (Å²) in [4.78, 5) is 0. The molecule has 0 aromatic carbocycles. The molecular weight excluding hydrogens is 106 g/mol. The Balaban J connectivity index is 0.000000490. The summed E-state index contributed by atoms with van der Waals surface area (Å²) < 4.78 is 5.13. The fourth-order valence-electron chi connectivity index (χ4n) is 0.671. The fraction of sp³-hybridized carbons (Fsp3) is 1.00. The minimum atomic E-state index is 0. The largest absolute Gasteiger partial charge is 0.412 e. The molecule has 0 aromatic rings. The normalized spacial score (nSPS) is 21.0. The molecule has 0 saturated carbocycles. The zero-order chi connectivity index (χ0) is 4.95. The van der Waals surface area contributed by atoms with Gasteiger partial charge in [-0.05, 0) is 13.0 Å². The van der Waals surface area contributed by atoms with Gasteiger partial charge in [-0.3, -0.25) is 0 Å². The van der Waals surface area contributed by atoms with Crippen molar-refractivity contribution >= 4 is 0 Å². The lowest BCUT2D eigenvalue weighted by Crippen LogP contribution is -2.15. The Morgan fingerprint density at radius 1 is 1.12 bits per heavy atom. The van der Waals surface area contributed by atoms with Crippen LogP contribution in [0.2, 0.25) is 0 Å². The lowest BCUT2D eigenvalue weighted by Gasteiger charge is -1.91. The first-order valence-corrected chi connectivity index (χ1v) is 2.78. The third-order valence-electron chi connectivity index (χ3n) is 1.07. The molecule has 1 heterocycles. The van der Waals surface area contributed by atoms with Gasteiger partial charge in [0.05, 0.1) is 6.61 Å². The predicted octanol–water partition coefficient (Wildman–Crippen LogP) is -0.828. The van der Waals surface area contributed by atoms with E-state index in [2.05, 4.69) is 5.32 Å². The molecule has 3 N–H and O–H groups in total. The average molecular weight is 119 g/mol. The van der Waals surface area contributed by atoms with Crippen molar-refractivity contribution in [1.29, 1.82) is 0 Å². The molecule has 1 saturated heterocycles. The van der Waals surface area contributed by atoms with Crippen LogP contribution in [0.1, 0.15) is 6.42 Å². The third kappa shape index (κ3) is 2.96. The first kappa shape index (κ1) is 7.88. The summed E-state index contributed by atoms with van der Waals surface area (Å²) in [7, 11) is 0. The lowest BCUT2D eigenvalue weighted by atomic mass is 10.5. The monoisotopic (exact) mass is 119 g/mol. The Morgan fingerprint density at radius 3 is 2.88 bits per heavy atom. The third-order valence-corrected chi connectivity index (χ3v) is 1.07. The quantitative estimate of drug-likeness (QED) is 0.452. The lowest BCUT2D eigenvalue weighted by molar-refractivity contribution is 0.151. The van der Waals surface area contributed by atoms with Crippen LogP contribution in [0.4, 0.5) is 0 Å². The predicted molar refractivity (Wildman–Crippen MR) is 31.9 cm³/mol. The fourth-order valence-corrected chi connectivity index (χ4v) is 0.671. The highest BCUT2D eigenvalue weighted by Crippen LogP contribution is 1.83. The molecule has 0 amide bonds. The van der Waals surface area contributed by atoms with E-state index in [1.807, 2.05) is 0 Å². The molecule has 0 aromatic heterocycles. The maximum Gasteiger partial charge on any atom is 0.0590 e. The molecule has 0 aliphatic carbocycles. The minimum Gasteiger partial charge on any atom is -0.412 e. The van der Waals surface area contributed by atoms with Crippen LogP contribution in [0.15, 0.2) is 0 Å². The highest BCUT2D eigenvalue weighted by molar-refractivity contribution is 4.50. The summed E-state index contributed by atoms with van der Waals surface area (Å²) in [6.07, 6.45) is 1.17. The van der Waals surface area contributed by atoms with Crippen LogP contribution in [-0.4, -0.2) is 31.8 Å². The van der Waals surface area contributed by atoms with Gasteiger partial charge in [-0.2, -0.15) is 0 Å². The molecule has 1 aliphatic heterocycles. The van der Waals surface area contributed by atoms with E-state index in [9.17, 15) is 0 Å². The second kappa shape index (κ2) is 5.03. The molecule has 8 heavy (non-hydrogen) atoms. The van der Waals surface area contributed by atoms with Crippen molar-refractivity contribution in [3.8, 4) is 0 Å². The molecule has 0 unspecified atom stereocenters. The van der Waals surface area contributed by atoms with Crippen molar-refractivity contribution in [2.75, 3.05) is 26.3 Å². The van der Waals surface area contributed by atoms with Gasteiger partial charge >= 0.3 is 0 Å². The molecular formula is C5H13NO2.